The van der Waals surface area contributed by atoms with Crippen molar-refractivity contribution in [3.63, 3.8) is 0 Å². The largest absolute Gasteiger partial charge is 0.497 e. The smallest absolute Gasteiger partial charge is 0.257 e. The van der Waals surface area contributed by atoms with E-state index in [4.69, 9.17) is 10.5 Å². The maximum Gasteiger partial charge on any atom is 0.257 e. The van der Waals surface area contributed by atoms with Gasteiger partial charge in [-0.2, -0.15) is 0 Å². The Morgan fingerprint density at radius 1 is 1.09 bits per heavy atom. The number of methoxy groups -OCH3 is 1. The van der Waals surface area contributed by atoms with E-state index in [2.05, 4.69) is 37.5 Å². The van der Waals surface area contributed by atoms with Gasteiger partial charge in [-0.15, -0.1) is 0 Å². The van der Waals surface area contributed by atoms with Gasteiger partial charge in [-0.25, -0.2) is 0 Å². The van der Waals surface area contributed by atoms with Crippen LogP contribution in [-0.2, 0) is 11.3 Å². The molecule has 8 nitrogen and oxygen atoms in total. The molecule has 5 rings (SSSR count). The summed E-state index contributed by atoms with van der Waals surface area (Å²) in [5.74, 6) is 1.49. The summed E-state index contributed by atoms with van der Waals surface area (Å²) in [6, 6.07) is 12.0. The number of allylic oxidation sites excluding steroid dienone is 2. The summed E-state index contributed by atoms with van der Waals surface area (Å²) in [4.78, 5) is 27.5. The highest BCUT2D eigenvalue weighted by Gasteiger charge is 2.32. The summed E-state index contributed by atoms with van der Waals surface area (Å²) in [7, 11) is 3.23. The first-order chi connectivity index (χ1) is 22.2. The Kier molecular flexibility index (Phi) is 11.5. The summed E-state index contributed by atoms with van der Waals surface area (Å²) in [5, 5.41) is 20.4. The topological polar surface area (TPSA) is 122 Å². The summed E-state index contributed by atoms with van der Waals surface area (Å²) >= 11 is 0. The summed E-state index contributed by atoms with van der Waals surface area (Å²) < 4.78 is 7.82. The zero-order valence-corrected chi connectivity index (χ0v) is 29.4. The van der Waals surface area contributed by atoms with E-state index in [0.717, 1.165) is 46.5 Å². The molecule has 0 spiro atoms. The van der Waals surface area contributed by atoms with Crippen molar-refractivity contribution in [3.05, 3.63) is 69.9 Å². The Bertz CT molecular complexity index is 1720. The van der Waals surface area contributed by atoms with E-state index in [0.29, 0.717) is 29.3 Å². The quantitative estimate of drug-likeness (QED) is 0.131. The summed E-state index contributed by atoms with van der Waals surface area (Å²) in [6.45, 7) is 11.8. The Hall–Kier alpha value is -4.17. The molecule has 8 heteroatoms. The fourth-order valence-corrected chi connectivity index (χ4v) is 6.72. The number of aliphatic hydroxyl groups excluding tert-OH is 1. The van der Waals surface area contributed by atoms with Crippen molar-refractivity contribution in [3.8, 4) is 17.0 Å². The Labute approximate surface area is 281 Å². The molecule has 1 unspecified atom stereocenters. The summed E-state index contributed by atoms with van der Waals surface area (Å²) in [5.41, 5.74) is 13.1. The van der Waals surface area contributed by atoms with E-state index in [1.165, 1.54) is 29.7 Å². The van der Waals surface area contributed by atoms with Crippen LogP contribution in [0.25, 0.3) is 28.2 Å². The third kappa shape index (κ3) is 7.87. The van der Waals surface area contributed by atoms with Crippen molar-refractivity contribution >= 4 is 34.4 Å². The number of hydrogen-bond donors (Lipinski definition) is 3. The summed E-state index contributed by atoms with van der Waals surface area (Å²) in [6.07, 6.45) is 7.04. The molecule has 2 heterocycles. The van der Waals surface area contributed by atoms with Crippen LogP contribution >= 0.6 is 0 Å². The normalized spacial score (nSPS) is 15.7. The van der Waals surface area contributed by atoms with E-state index in [1.807, 2.05) is 30.3 Å². The van der Waals surface area contributed by atoms with Gasteiger partial charge in [0.25, 0.3) is 5.91 Å². The maximum absolute atomic E-state index is 13.6. The highest BCUT2D eigenvalue weighted by molar-refractivity contribution is 6.28. The number of likely N-dealkylation sites (N-methyl/N-ethyl adjacent to an activating group) is 1. The minimum absolute atomic E-state index is 0. The Morgan fingerprint density at radius 3 is 2.32 bits per heavy atom. The minimum Gasteiger partial charge on any atom is -0.497 e. The zero-order chi connectivity index (χ0) is 34.6. The van der Waals surface area contributed by atoms with E-state index >= 15 is 0 Å². The molecule has 254 valence electrons. The van der Waals surface area contributed by atoms with Gasteiger partial charge >= 0.3 is 0 Å². The third-order valence-electron chi connectivity index (χ3n) is 8.76. The number of aliphatic hydroxyl groups is 1. The molecule has 0 radical (unpaired) electrons. The van der Waals surface area contributed by atoms with E-state index in [-0.39, 0.29) is 30.7 Å². The van der Waals surface area contributed by atoms with E-state index in [1.54, 1.807) is 34.9 Å². The lowest BCUT2D eigenvalue weighted by atomic mass is 9.81. The maximum atomic E-state index is 13.6. The van der Waals surface area contributed by atoms with Crippen LogP contribution in [0.5, 0.6) is 5.75 Å². The van der Waals surface area contributed by atoms with Crippen LogP contribution in [0, 0.1) is 11.3 Å². The molecule has 4 N–H and O–H groups in total. The number of fused-ring (bicyclic) bond motifs is 5. The number of aromatic nitrogens is 1. The molecule has 0 bridgehead atoms. The van der Waals surface area contributed by atoms with Crippen molar-refractivity contribution in [1.82, 2.24) is 9.47 Å². The predicted octanol–water partition coefficient (Wildman–Crippen LogP) is 7.96. The van der Waals surface area contributed by atoms with Gasteiger partial charge in [-0.1, -0.05) is 52.2 Å². The van der Waals surface area contributed by atoms with Crippen molar-refractivity contribution < 1.29 is 20.9 Å². The average molecular weight is 643 g/mol. The van der Waals surface area contributed by atoms with Crippen molar-refractivity contribution in [1.29, 1.82) is 5.41 Å². The predicted molar refractivity (Wildman–Crippen MR) is 194 cm³/mol. The first-order valence-corrected chi connectivity index (χ1v) is 16.8. The van der Waals surface area contributed by atoms with Crippen molar-refractivity contribution in [2.75, 3.05) is 20.7 Å². The molecule has 1 aliphatic carbocycles. The number of Topliss-reactive ketones (excluding diaryl/α,β-unsaturated/α-hetero) is 1. The standard InChI is InChI=1S/C35H42N4O4.C4H10.H2/c1-20(40)18-38(4)35(42)31(21(2)36)33(37)26-15-25-16-27(43-5)12-14-28(25)34-32(23-9-7-6-8-10-23)29-13-11-24(22(3)41)17-30(29)39(34)19-26;1-4(2)3;/h11-17,20,23,37,40H,6-10,18-19,36H2,1-5H3;4H,1-3H3;1H/b31-21+,37-33?;;. The lowest BCUT2D eigenvalue weighted by Crippen LogP contribution is -2.37. The highest BCUT2D eigenvalue weighted by Crippen LogP contribution is 2.47. The number of amides is 1. The van der Waals surface area contributed by atoms with Crippen LogP contribution in [0.1, 0.15) is 102 Å². The van der Waals surface area contributed by atoms with Crippen molar-refractivity contribution in [2.45, 2.75) is 92.2 Å². The minimum atomic E-state index is -0.721. The number of benzene rings is 2. The molecule has 2 aromatic carbocycles. The fourth-order valence-electron chi connectivity index (χ4n) is 6.72. The zero-order valence-electron chi connectivity index (χ0n) is 29.4. The van der Waals surface area contributed by atoms with Crippen LogP contribution < -0.4 is 10.5 Å². The number of ketones is 1. The van der Waals surface area contributed by atoms with Gasteiger partial charge in [-0.05, 0) is 92.5 Å². The van der Waals surface area contributed by atoms with Gasteiger partial charge in [0.1, 0.15) is 5.75 Å². The second-order valence-electron chi connectivity index (χ2n) is 13.8. The number of nitrogens with two attached hydrogens (primary N) is 1. The fraction of sp³-hybridized carbons (Fsp3) is 0.462. The molecule has 0 saturated heterocycles. The number of nitrogens with zero attached hydrogens (tertiary/aromatic N) is 2. The second-order valence-corrected chi connectivity index (χ2v) is 13.8. The van der Waals surface area contributed by atoms with Gasteiger partial charge in [0, 0.05) is 42.7 Å². The molecular formula is C39H54N4O4. The first-order valence-electron chi connectivity index (χ1n) is 16.8. The third-order valence-corrected chi connectivity index (χ3v) is 8.76. The van der Waals surface area contributed by atoms with Crippen molar-refractivity contribution in [2.24, 2.45) is 11.7 Å². The van der Waals surface area contributed by atoms with Gasteiger partial charge in [0.2, 0.25) is 0 Å². The van der Waals surface area contributed by atoms with Crippen LogP contribution in [-0.4, -0.2) is 58.8 Å². The van der Waals surface area contributed by atoms with Crippen LogP contribution in [0.4, 0.5) is 0 Å². The lowest BCUT2D eigenvalue weighted by molar-refractivity contribution is -0.126. The van der Waals surface area contributed by atoms with Gasteiger partial charge in [0.15, 0.2) is 5.78 Å². The van der Waals surface area contributed by atoms with Crippen LogP contribution in [0.3, 0.4) is 0 Å². The monoisotopic (exact) mass is 642 g/mol. The van der Waals surface area contributed by atoms with Crippen LogP contribution in [0.2, 0.25) is 0 Å². The molecule has 2 aliphatic rings. The number of ether oxygens (including phenoxy) is 1. The molecule has 3 aromatic rings. The number of nitrogens with one attached hydrogen (secondary N) is 1. The number of rotatable bonds is 8. The number of carbonyl (C=O) groups is 2. The van der Waals surface area contributed by atoms with Crippen LogP contribution in [0.15, 0.2) is 53.2 Å². The van der Waals surface area contributed by atoms with E-state index < -0.39 is 12.0 Å². The molecule has 1 aliphatic heterocycles. The van der Waals surface area contributed by atoms with E-state index in [9.17, 15) is 20.1 Å². The molecule has 1 aromatic heterocycles. The molecule has 1 amide bonds. The molecule has 1 fully saturated rings. The molecule has 47 heavy (non-hydrogen) atoms. The Morgan fingerprint density at radius 2 is 1.74 bits per heavy atom. The molecular weight excluding hydrogens is 588 g/mol. The SMILES string of the molecule is CC(C)C.COc1ccc2c(c1)C=C(C(=N)/C(C(=O)N(C)CC(C)O)=C(/C)N)Cn1c-2c(C2CCCCC2)c2ccc(C(C)=O)cc21.[HH]. The first kappa shape index (κ1) is 35.7. The Balaban J connectivity index is 0.00000118. The van der Waals surface area contributed by atoms with Gasteiger partial charge in [-0.3, -0.25) is 15.0 Å². The van der Waals surface area contributed by atoms with Gasteiger partial charge < -0.3 is 25.0 Å². The molecule has 1 saturated carbocycles. The number of carbonyl (C=O) groups excluding carboxylic acids is 2. The second kappa shape index (κ2) is 15.2. The molecule has 1 atom stereocenters. The highest BCUT2D eigenvalue weighted by atomic mass is 16.5. The lowest BCUT2D eigenvalue weighted by Gasteiger charge is -2.24. The van der Waals surface area contributed by atoms with Gasteiger partial charge in [0.05, 0.1) is 36.7 Å². The average Bonchev–Trinajstić information content (AvgIpc) is 3.22. The number of hydrogen-bond acceptors (Lipinski definition) is 6.